The normalized spacial score (nSPS) is 26.4. The maximum Gasteiger partial charge on any atom is 0.392 e. The summed E-state index contributed by atoms with van der Waals surface area (Å²) in [6.07, 6.45) is 3.67. The lowest BCUT2D eigenvalue weighted by molar-refractivity contribution is -0.561. The number of carbonyl (C=O) groups is 2. The highest BCUT2D eigenvalue weighted by Crippen LogP contribution is 2.27. The highest BCUT2D eigenvalue weighted by molar-refractivity contribution is 6.25. The van der Waals surface area contributed by atoms with Crippen molar-refractivity contribution in [3.63, 3.8) is 0 Å². The molecule has 5 rings (SSSR count). The van der Waals surface area contributed by atoms with E-state index in [1.165, 1.54) is 29.7 Å². The average molecular weight is 438 g/mol. The molecule has 8 nitrogen and oxygen atoms in total. The molecule has 8 heteroatoms. The van der Waals surface area contributed by atoms with Crippen LogP contribution in [0.4, 0.5) is 4.79 Å². The highest BCUT2D eigenvalue weighted by Gasteiger charge is 2.57. The molecular weight excluding hydrogens is 404 g/mol. The van der Waals surface area contributed by atoms with E-state index in [0.717, 1.165) is 45.2 Å². The Morgan fingerprint density at radius 1 is 1.06 bits per heavy atom. The number of carbonyl (C=O) groups excluding carboxylic acids is 2. The zero-order valence-electron chi connectivity index (χ0n) is 19.1. The van der Waals surface area contributed by atoms with E-state index >= 15 is 0 Å². The van der Waals surface area contributed by atoms with Crippen LogP contribution in [0, 0.1) is 5.92 Å². The van der Waals surface area contributed by atoms with E-state index in [-0.39, 0.29) is 11.9 Å². The van der Waals surface area contributed by atoms with Gasteiger partial charge in [0.2, 0.25) is 11.9 Å². The highest BCUT2D eigenvalue weighted by atomic mass is 16.2. The Bertz CT molecular complexity index is 952. The number of piperidine rings is 1. The number of hydrogen-bond acceptors (Lipinski definition) is 5. The number of aliphatic imine (C=N–C) groups is 1. The number of urea groups is 1. The number of rotatable bonds is 5. The molecule has 32 heavy (non-hydrogen) atoms. The van der Waals surface area contributed by atoms with Gasteiger partial charge in [-0.15, -0.1) is 0 Å². The van der Waals surface area contributed by atoms with Crippen molar-refractivity contribution in [2.45, 2.75) is 38.8 Å². The quantitative estimate of drug-likeness (QED) is 0.658. The van der Waals surface area contributed by atoms with E-state index in [1.807, 2.05) is 18.2 Å². The summed E-state index contributed by atoms with van der Waals surface area (Å²) < 4.78 is 2.25. The van der Waals surface area contributed by atoms with E-state index in [4.69, 9.17) is 4.99 Å². The number of nitrogens with zero attached hydrogens (tertiary/aromatic N) is 6. The predicted octanol–water partition coefficient (Wildman–Crippen LogP) is 1.67. The Morgan fingerprint density at radius 2 is 1.81 bits per heavy atom. The number of imide groups is 1. The SMILES string of the molecule is CC1CN2C(=[N+](Cc3ccccc3)C1)N=C1C2C(=O)N(CCN2CCCCC2)C(=O)N1C. The summed E-state index contributed by atoms with van der Waals surface area (Å²) in [7, 11) is 1.75. The lowest BCUT2D eigenvalue weighted by atomic mass is 10.1. The number of likely N-dealkylation sites (N-methyl/N-ethyl adjacent to an activating group) is 1. The zero-order chi connectivity index (χ0) is 22.2. The van der Waals surface area contributed by atoms with Crippen LogP contribution in [0.15, 0.2) is 35.3 Å². The maximum atomic E-state index is 13.6. The van der Waals surface area contributed by atoms with Crippen molar-refractivity contribution < 1.29 is 14.2 Å². The molecule has 4 aliphatic heterocycles. The van der Waals surface area contributed by atoms with Gasteiger partial charge in [-0.3, -0.25) is 19.2 Å². The second kappa shape index (κ2) is 8.65. The van der Waals surface area contributed by atoms with E-state index in [9.17, 15) is 9.59 Å². The average Bonchev–Trinajstić information content (AvgIpc) is 3.19. The first-order valence-corrected chi connectivity index (χ1v) is 11.9. The second-order valence-electron chi connectivity index (χ2n) is 9.53. The van der Waals surface area contributed by atoms with Crippen LogP contribution in [0.5, 0.6) is 0 Å². The molecule has 0 bridgehead atoms. The monoisotopic (exact) mass is 437 g/mol. The molecule has 0 saturated carbocycles. The third-order valence-electron chi connectivity index (χ3n) is 7.02. The number of amidine groups is 1. The minimum absolute atomic E-state index is 0.132. The number of hydrogen-bond donors (Lipinski definition) is 0. The van der Waals surface area contributed by atoms with Crippen molar-refractivity contribution in [2.24, 2.45) is 10.9 Å². The predicted molar refractivity (Wildman–Crippen MR) is 123 cm³/mol. The number of amides is 3. The Kier molecular flexibility index (Phi) is 5.71. The molecule has 1 aromatic carbocycles. The molecule has 170 valence electrons. The van der Waals surface area contributed by atoms with E-state index in [0.29, 0.717) is 18.3 Å². The van der Waals surface area contributed by atoms with Gasteiger partial charge < -0.3 is 4.90 Å². The van der Waals surface area contributed by atoms with E-state index < -0.39 is 6.04 Å². The van der Waals surface area contributed by atoms with E-state index in [1.54, 1.807) is 11.9 Å². The molecule has 0 spiro atoms. The molecule has 2 unspecified atom stereocenters. The Morgan fingerprint density at radius 3 is 2.56 bits per heavy atom. The van der Waals surface area contributed by atoms with Crippen molar-refractivity contribution in [3.05, 3.63) is 35.9 Å². The van der Waals surface area contributed by atoms with Gasteiger partial charge in [-0.1, -0.05) is 48.7 Å². The van der Waals surface area contributed by atoms with Gasteiger partial charge in [-0.2, -0.15) is 0 Å². The summed E-state index contributed by atoms with van der Waals surface area (Å²) in [5.41, 5.74) is 1.21. The zero-order valence-corrected chi connectivity index (χ0v) is 19.1. The minimum Gasteiger partial charge on any atom is -0.302 e. The third-order valence-corrected chi connectivity index (χ3v) is 7.02. The first-order chi connectivity index (χ1) is 15.5. The van der Waals surface area contributed by atoms with Gasteiger partial charge in [0.25, 0.3) is 5.91 Å². The lowest BCUT2D eigenvalue weighted by Gasteiger charge is -2.37. The van der Waals surface area contributed by atoms with Crippen molar-refractivity contribution in [1.29, 1.82) is 0 Å². The molecule has 0 aromatic heterocycles. The topological polar surface area (TPSA) is 62.5 Å². The fourth-order valence-electron chi connectivity index (χ4n) is 5.37. The molecule has 4 aliphatic rings. The van der Waals surface area contributed by atoms with Crippen LogP contribution >= 0.6 is 0 Å². The van der Waals surface area contributed by atoms with Crippen LogP contribution < -0.4 is 0 Å². The number of guanidine groups is 1. The molecule has 2 saturated heterocycles. The van der Waals surface area contributed by atoms with Crippen LogP contribution in [0.2, 0.25) is 0 Å². The van der Waals surface area contributed by atoms with Crippen molar-refractivity contribution in [2.75, 3.05) is 46.3 Å². The summed E-state index contributed by atoms with van der Waals surface area (Å²) in [6, 6.07) is 9.57. The second-order valence-corrected chi connectivity index (χ2v) is 9.53. The summed E-state index contributed by atoms with van der Waals surface area (Å²) in [4.78, 5) is 39.0. The van der Waals surface area contributed by atoms with Gasteiger partial charge in [0.05, 0.1) is 19.6 Å². The molecule has 3 amide bonds. The van der Waals surface area contributed by atoms with Gasteiger partial charge in [-0.05, 0) is 31.5 Å². The van der Waals surface area contributed by atoms with Gasteiger partial charge in [0, 0.05) is 26.1 Å². The summed E-state index contributed by atoms with van der Waals surface area (Å²) >= 11 is 0. The smallest absolute Gasteiger partial charge is 0.302 e. The minimum atomic E-state index is -0.505. The summed E-state index contributed by atoms with van der Waals surface area (Å²) in [5.74, 6) is 1.65. The van der Waals surface area contributed by atoms with Gasteiger partial charge in [-0.25, -0.2) is 9.69 Å². The van der Waals surface area contributed by atoms with Crippen molar-refractivity contribution in [1.82, 2.24) is 19.6 Å². The molecule has 2 fully saturated rings. The lowest BCUT2D eigenvalue weighted by Crippen LogP contribution is -2.65. The number of likely N-dealkylation sites (tertiary alicyclic amines) is 1. The summed E-state index contributed by atoms with van der Waals surface area (Å²) in [6.45, 7) is 7.90. The van der Waals surface area contributed by atoms with Crippen LogP contribution in [0.3, 0.4) is 0 Å². The molecule has 0 radical (unpaired) electrons. The first kappa shape index (κ1) is 21.1. The van der Waals surface area contributed by atoms with Crippen LogP contribution in [-0.4, -0.2) is 100 Å². The molecule has 2 atom stereocenters. The van der Waals surface area contributed by atoms with Crippen molar-refractivity contribution >= 4 is 23.7 Å². The van der Waals surface area contributed by atoms with Crippen LogP contribution in [-0.2, 0) is 11.3 Å². The summed E-state index contributed by atoms with van der Waals surface area (Å²) in [5, 5.41) is 0. The third kappa shape index (κ3) is 3.81. The Hall–Kier alpha value is -2.74. The standard InChI is InChI=1S/C24H33N6O2/c1-18-15-28(17-19-9-5-3-6-10-19)23-25-21-20(30(23)16-18)22(31)29(24(32)26(21)2)14-13-27-11-7-4-8-12-27/h3,5-6,9-10,18,20H,4,7-8,11-17H2,1-2H3/q+1. The molecule has 1 aromatic rings. The first-order valence-electron chi connectivity index (χ1n) is 11.9. The Balaban J connectivity index is 1.40. The molecule has 4 heterocycles. The number of fused-ring (bicyclic) bond motifs is 3. The number of benzene rings is 1. The fraction of sp³-hybridized carbons (Fsp3) is 0.583. The van der Waals surface area contributed by atoms with Gasteiger partial charge >= 0.3 is 12.0 Å². The van der Waals surface area contributed by atoms with Gasteiger partial charge in [0.1, 0.15) is 0 Å². The van der Waals surface area contributed by atoms with Gasteiger partial charge in [0.15, 0.2) is 0 Å². The van der Waals surface area contributed by atoms with E-state index in [2.05, 4.69) is 33.4 Å². The largest absolute Gasteiger partial charge is 0.392 e. The van der Waals surface area contributed by atoms with Crippen LogP contribution in [0.1, 0.15) is 31.7 Å². The molecule has 0 N–H and O–H groups in total. The Labute approximate surface area is 189 Å². The molecular formula is C24H33N6O2+. The maximum absolute atomic E-state index is 13.6. The molecule has 0 aliphatic carbocycles. The van der Waals surface area contributed by atoms with Crippen molar-refractivity contribution in [3.8, 4) is 0 Å². The fourth-order valence-corrected chi connectivity index (χ4v) is 5.37. The van der Waals surface area contributed by atoms with Crippen LogP contribution in [0.25, 0.3) is 0 Å².